The van der Waals surface area contributed by atoms with E-state index in [1.54, 1.807) is 4.90 Å². The molecule has 1 fully saturated rings. The van der Waals surface area contributed by atoms with Crippen molar-refractivity contribution in [1.29, 1.82) is 0 Å². The van der Waals surface area contributed by atoms with Gasteiger partial charge in [-0.3, -0.25) is 4.79 Å². The minimum atomic E-state index is -3.45. The highest BCUT2D eigenvalue weighted by Crippen LogP contribution is 2.03. The van der Waals surface area contributed by atoms with E-state index in [1.807, 2.05) is 6.92 Å². The molecular formula is C8H18ClN3O3S. The first kappa shape index (κ1) is 15.6. The summed E-state index contributed by atoms with van der Waals surface area (Å²) in [5.41, 5.74) is 0. The van der Waals surface area contributed by atoms with Crippen LogP contribution >= 0.6 is 12.4 Å². The summed E-state index contributed by atoms with van der Waals surface area (Å²) in [6, 6.07) is 0.0540. The molecule has 1 aliphatic heterocycles. The number of nitrogens with one attached hydrogen (secondary N) is 2. The molecule has 8 heteroatoms. The lowest BCUT2D eigenvalue weighted by atomic mass is 10.2. The molecule has 0 spiro atoms. The van der Waals surface area contributed by atoms with Crippen LogP contribution in [0.25, 0.3) is 0 Å². The first-order valence-corrected chi connectivity index (χ1v) is 6.53. The van der Waals surface area contributed by atoms with E-state index in [-0.39, 0.29) is 24.4 Å². The molecule has 2 N–H and O–H groups in total. The van der Waals surface area contributed by atoms with Crippen LogP contribution in [0, 0.1) is 0 Å². The quantitative estimate of drug-likeness (QED) is 0.674. The Hall–Kier alpha value is -0.370. The third-order valence-corrected chi connectivity index (χ3v) is 3.70. The summed E-state index contributed by atoms with van der Waals surface area (Å²) in [5.74, 6) is -0.799. The molecule has 6 nitrogen and oxygen atoms in total. The molecule has 0 saturated carbocycles. The van der Waals surface area contributed by atoms with Crippen LogP contribution in [0.1, 0.15) is 6.92 Å². The maximum atomic E-state index is 11.7. The van der Waals surface area contributed by atoms with Gasteiger partial charge in [0.15, 0.2) is 0 Å². The van der Waals surface area contributed by atoms with Gasteiger partial charge in [0.1, 0.15) is 5.75 Å². The molecule has 0 aromatic rings. The van der Waals surface area contributed by atoms with E-state index in [0.29, 0.717) is 13.1 Å². The number of nitrogens with zero attached hydrogens (tertiary/aromatic N) is 1. The van der Waals surface area contributed by atoms with Crippen LogP contribution < -0.4 is 10.0 Å². The van der Waals surface area contributed by atoms with Crippen LogP contribution in [0.4, 0.5) is 0 Å². The zero-order valence-electron chi connectivity index (χ0n) is 9.39. The number of sulfonamides is 1. The summed E-state index contributed by atoms with van der Waals surface area (Å²) in [4.78, 5) is 13.3. The second-order valence-electron chi connectivity index (χ2n) is 3.60. The molecule has 0 radical (unpaired) electrons. The van der Waals surface area contributed by atoms with Crippen LogP contribution in [-0.4, -0.2) is 57.7 Å². The van der Waals surface area contributed by atoms with Crippen molar-refractivity contribution in [2.45, 2.75) is 13.0 Å². The van der Waals surface area contributed by atoms with E-state index < -0.39 is 15.8 Å². The van der Waals surface area contributed by atoms with Gasteiger partial charge in [0.25, 0.3) is 0 Å². The molecule has 1 saturated heterocycles. The number of piperazine rings is 1. The van der Waals surface area contributed by atoms with Crippen molar-refractivity contribution >= 4 is 28.3 Å². The molecule has 1 rings (SSSR count). The van der Waals surface area contributed by atoms with Crippen LogP contribution in [0.15, 0.2) is 0 Å². The SMILES string of the molecule is CNS(=O)(=O)CC(=O)N1CCNCC1C.Cl. The van der Waals surface area contributed by atoms with E-state index in [1.165, 1.54) is 7.05 Å². The number of carbonyl (C=O) groups is 1. The fraction of sp³-hybridized carbons (Fsp3) is 0.875. The largest absolute Gasteiger partial charge is 0.337 e. The van der Waals surface area contributed by atoms with E-state index in [0.717, 1.165) is 6.54 Å². The van der Waals surface area contributed by atoms with E-state index >= 15 is 0 Å². The molecule has 0 aromatic carbocycles. The maximum Gasteiger partial charge on any atom is 0.239 e. The van der Waals surface area contributed by atoms with Gasteiger partial charge >= 0.3 is 0 Å². The third kappa shape index (κ3) is 4.25. The second-order valence-corrected chi connectivity index (χ2v) is 5.53. The highest BCUT2D eigenvalue weighted by molar-refractivity contribution is 7.90. The van der Waals surface area contributed by atoms with Gasteiger partial charge in [0.2, 0.25) is 15.9 Å². The highest BCUT2D eigenvalue weighted by Gasteiger charge is 2.26. The Kier molecular flexibility index (Phi) is 6.24. The Labute approximate surface area is 102 Å². The Balaban J connectivity index is 0.00000225. The minimum absolute atomic E-state index is 0. The molecule has 1 atom stereocenters. The van der Waals surface area contributed by atoms with Crippen LogP contribution in [0.2, 0.25) is 0 Å². The molecule has 0 aromatic heterocycles. The fourth-order valence-electron chi connectivity index (χ4n) is 1.53. The fourth-order valence-corrected chi connectivity index (χ4v) is 2.16. The number of halogens is 1. The summed E-state index contributed by atoms with van der Waals surface area (Å²) in [6.07, 6.45) is 0. The smallest absolute Gasteiger partial charge is 0.239 e. The van der Waals surface area contributed by atoms with E-state index in [2.05, 4.69) is 10.0 Å². The van der Waals surface area contributed by atoms with Gasteiger partial charge in [-0.1, -0.05) is 0 Å². The molecule has 1 unspecified atom stereocenters. The second kappa shape index (κ2) is 6.39. The van der Waals surface area contributed by atoms with Gasteiger partial charge in [0.05, 0.1) is 0 Å². The summed E-state index contributed by atoms with van der Waals surface area (Å²) >= 11 is 0. The van der Waals surface area contributed by atoms with Crippen molar-refractivity contribution in [1.82, 2.24) is 14.9 Å². The Morgan fingerprint density at radius 3 is 2.69 bits per heavy atom. The molecule has 96 valence electrons. The number of rotatable bonds is 3. The van der Waals surface area contributed by atoms with Crippen LogP contribution in [0.3, 0.4) is 0 Å². The third-order valence-electron chi connectivity index (χ3n) is 2.45. The zero-order valence-corrected chi connectivity index (χ0v) is 11.0. The van der Waals surface area contributed by atoms with Crippen LogP contribution in [0.5, 0.6) is 0 Å². The summed E-state index contributed by atoms with van der Waals surface area (Å²) in [7, 11) is -2.14. The average molecular weight is 272 g/mol. The standard InChI is InChI=1S/C8H17N3O3S.ClH/c1-7-5-10-3-4-11(7)8(12)6-15(13,14)9-2;/h7,9-10H,3-6H2,1-2H3;1H. The predicted octanol–water partition coefficient (Wildman–Crippen LogP) is -1.22. The molecule has 1 heterocycles. The van der Waals surface area contributed by atoms with Crippen molar-refractivity contribution in [3.05, 3.63) is 0 Å². The van der Waals surface area contributed by atoms with Gasteiger partial charge in [-0.05, 0) is 14.0 Å². The van der Waals surface area contributed by atoms with Crippen molar-refractivity contribution < 1.29 is 13.2 Å². The monoisotopic (exact) mass is 271 g/mol. The van der Waals surface area contributed by atoms with Crippen molar-refractivity contribution in [3.63, 3.8) is 0 Å². The topological polar surface area (TPSA) is 78.5 Å². The van der Waals surface area contributed by atoms with Crippen molar-refractivity contribution in [2.24, 2.45) is 0 Å². The Morgan fingerprint density at radius 2 is 2.19 bits per heavy atom. The van der Waals surface area contributed by atoms with Crippen LogP contribution in [-0.2, 0) is 14.8 Å². The lowest BCUT2D eigenvalue weighted by molar-refractivity contribution is -0.131. The van der Waals surface area contributed by atoms with Gasteiger partial charge in [-0.25, -0.2) is 13.1 Å². The number of carbonyl (C=O) groups excluding carboxylic acids is 1. The number of amides is 1. The predicted molar refractivity (Wildman–Crippen MR) is 64.1 cm³/mol. The van der Waals surface area contributed by atoms with Gasteiger partial charge in [-0.2, -0.15) is 0 Å². The molecule has 1 amide bonds. The average Bonchev–Trinajstić information content (AvgIpc) is 2.17. The Morgan fingerprint density at radius 1 is 1.56 bits per heavy atom. The van der Waals surface area contributed by atoms with E-state index in [4.69, 9.17) is 0 Å². The lowest BCUT2D eigenvalue weighted by Crippen LogP contribution is -2.54. The number of hydrogen-bond acceptors (Lipinski definition) is 4. The van der Waals surface area contributed by atoms with E-state index in [9.17, 15) is 13.2 Å². The molecule has 0 bridgehead atoms. The summed E-state index contributed by atoms with van der Waals surface area (Å²) in [5, 5.41) is 3.14. The van der Waals surface area contributed by atoms with Gasteiger partial charge in [0, 0.05) is 25.7 Å². The molecular weight excluding hydrogens is 254 g/mol. The van der Waals surface area contributed by atoms with Crippen molar-refractivity contribution in [3.8, 4) is 0 Å². The minimum Gasteiger partial charge on any atom is -0.337 e. The zero-order chi connectivity index (χ0) is 11.5. The lowest BCUT2D eigenvalue weighted by Gasteiger charge is -2.33. The van der Waals surface area contributed by atoms with Gasteiger partial charge in [-0.15, -0.1) is 12.4 Å². The first-order valence-electron chi connectivity index (χ1n) is 4.87. The van der Waals surface area contributed by atoms with Crippen molar-refractivity contribution in [2.75, 3.05) is 32.4 Å². The Bertz CT molecular complexity index is 333. The molecule has 16 heavy (non-hydrogen) atoms. The maximum absolute atomic E-state index is 11.7. The summed E-state index contributed by atoms with van der Waals surface area (Å²) in [6.45, 7) is 3.90. The first-order chi connectivity index (χ1) is 6.96. The van der Waals surface area contributed by atoms with Gasteiger partial charge < -0.3 is 10.2 Å². The molecule has 1 aliphatic rings. The normalized spacial score (nSPS) is 21.4. The summed E-state index contributed by atoms with van der Waals surface area (Å²) < 4.78 is 24.5. The molecule has 0 aliphatic carbocycles. The number of hydrogen-bond donors (Lipinski definition) is 2. The highest BCUT2D eigenvalue weighted by atomic mass is 35.5.